The molecule has 4 heterocycles. The van der Waals surface area contributed by atoms with Crippen LogP contribution in [-0.2, 0) is 26.7 Å². The van der Waals surface area contributed by atoms with E-state index >= 15 is 0 Å². The van der Waals surface area contributed by atoms with Crippen molar-refractivity contribution in [3.8, 4) is 0 Å². The monoisotopic (exact) mass is 492 g/mol. The molecule has 0 aromatic carbocycles. The van der Waals surface area contributed by atoms with Crippen molar-refractivity contribution in [1.29, 1.82) is 0 Å². The molecular weight excluding hydrogens is 452 g/mol. The maximum Gasteiger partial charge on any atom is 0.0946 e. The summed E-state index contributed by atoms with van der Waals surface area (Å²) in [6, 6.07) is 8.50. The second-order valence-electron chi connectivity index (χ2n) is 10.1. The molecular formula is C26H40N10. The van der Waals surface area contributed by atoms with Gasteiger partial charge in [0.2, 0.25) is 0 Å². The van der Waals surface area contributed by atoms with Gasteiger partial charge in [0, 0.05) is 35.9 Å². The number of rotatable bonds is 11. The van der Waals surface area contributed by atoms with Gasteiger partial charge in [0.15, 0.2) is 0 Å². The lowest BCUT2D eigenvalue weighted by molar-refractivity contribution is 0.0918. The first-order chi connectivity index (χ1) is 17.1. The van der Waals surface area contributed by atoms with E-state index in [-0.39, 0.29) is 0 Å². The van der Waals surface area contributed by atoms with E-state index < -0.39 is 0 Å². The summed E-state index contributed by atoms with van der Waals surface area (Å²) >= 11 is 0. The number of nitrogens with zero attached hydrogens (tertiary/aromatic N) is 10. The zero-order valence-electron chi connectivity index (χ0n) is 23.0. The second-order valence-corrected chi connectivity index (χ2v) is 10.1. The lowest BCUT2D eigenvalue weighted by Crippen LogP contribution is -2.40. The minimum atomic E-state index is 0.700. The molecule has 0 unspecified atom stereocenters. The molecule has 10 heteroatoms. The fourth-order valence-electron chi connectivity index (χ4n) is 4.69. The summed E-state index contributed by atoms with van der Waals surface area (Å²) in [5.41, 5.74) is 8.79. The third-order valence-corrected chi connectivity index (χ3v) is 6.48. The highest BCUT2D eigenvalue weighted by molar-refractivity contribution is 5.09. The van der Waals surface area contributed by atoms with Crippen LogP contribution in [0.5, 0.6) is 0 Å². The van der Waals surface area contributed by atoms with Gasteiger partial charge in [-0.2, -0.15) is 20.4 Å². The number of aryl methyl sites for hydroxylation is 8. The van der Waals surface area contributed by atoms with Crippen LogP contribution in [0.1, 0.15) is 45.6 Å². The Morgan fingerprint density at radius 3 is 0.833 bits per heavy atom. The van der Waals surface area contributed by atoms with Crippen molar-refractivity contribution in [2.45, 2.75) is 82.1 Å². The van der Waals surface area contributed by atoms with Crippen LogP contribution in [0, 0.1) is 55.4 Å². The van der Waals surface area contributed by atoms with E-state index in [2.05, 4.69) is 80.5 Å². The van der Waals surface area contributed by atoms with E-state index in [4.69, 9.17) is 20.4 Å². The van der Waals surface area contributed by atoms with Gasteiger partial charge in [-0.1, -0.05) is 0 Å². The molecule has 0 aliphatic carbocycles. The zero-order chi connectivity index (χ0) is 26.0. The Labute approximate surface area is 214 Å². The van der Waals surface area contributed by atoms with Crippen molar-refractivity contribution in [3.63, 3.8) is 0 Å². The fourth-order valence-corrected chi connectivity index (χ4v) is 4.69. The Bertz CT molecular complexity index is 1110. The Hall–Kier alpha value is -3.24. The molecule has 0 spiro atoms. The number of hydrogen-bond acceptors (Lipinski definition) is 6. The summed E-state index contributed by atoms with van der Waals surface area (Å²) in [6.07, 6.45) is 0. The summed E-state index contributed by atoms with van der Waals surface area (Å²) in [5.74, 6) is 0. The predicted molar refractivity (Wildman–Crippen MR) is 140 cm³/mol. The van der Waals surface area contributed by atoms with Crippen LogP contribution in [-0.4, -0.2) is 62.0 Å². The summed E-state index contributed by atoms with van der Waals surface area (Å²) in [6.45, 7) is 21.1. The van der Waals surface area contributed by atoms with Gasteiger partial charge < -0.3 is 0 Å². The first-order valence-electron chi connectivity index (χ1n) is 12.6. The summed E-state index contributed by atoms with van der Waals surface area (Å²) < 4.78 is 8.31. The first-order valence-corrected chi connectivity index (χ1v) is 12.6. The molecule has 10 nitrogen and oxygen atoms in total. The van der Waals surface area contributed by atoms with Crippen molar-refractivity contribution in [2.24, 2.45) is 0 Å². The number of hydrogen-bond donors (Lipinski definition) is 0. The van der Waals surface area contributed by atoms with Gasteiger partial charge in [0.25, 0.3) is 0 Å². The van der Waals surface area contributed by atoms with Crippen molar-refractivity contribution in [1.82, 2.24) is 48.9 Å². The topological polar surface area (TPSA) is 77.8 Å². The van der Waals surface area contributed by atoms with Crippen LogP contribution >= 0.6 is 0 Å². The lowest BCUT2D eigenvalue weighted by atomic mass is 10.4. The van der Waals surface area contributed by atoms with E-state index in [9.17, 15) is 0 Å². The summed E-state index contributed by atoms with van der Waals surface area (Å²) in [4.78, 5) is 4.79. The molecule has 4 rings (SSSR count). The largest absolute Gasteiger partial charge is 0.264 e. The molecule has 0 atom stereocenters. The summed E-state index contributed by atoms with van der Waals surface area (Å²) in [5, 5.41) is 18.9. The summed E-state index contributed by atoms with van der Waals surface area (Å²) in [7, 11) is 0. The predicted octanol–water partition coefficient (Wildman–Crippen LogP) is 3.47. The standard InChI is InChI=1S/C26H40N10/c1-19-11-23(5)33(27-19)15-31(16-34-24(6)12-20(2)28-34)9-10-32(17-35-25(7)13-21(3)29-35)18-36-26(8)14-22(4)30-36/h11-14H,9-10,15-18H2,1-8H3. The highest BCUT2D eigenvalue weighted by Gasteiger charge is 2.16. The van der Waals surface area contributed by atoms with Crippen LogP contribution in [0.25, 0.3) is 0 Å². The Morgan fingerprint density at radius 1 is 0.444 bits per heavy atom. The van der Waals surface area contributed by atoms with Crippen molar-refractivity contribution in [3.05, 3.63) is 69.8 Å². The molecule has 0 N–H and O–H groups in total. The number of aromatic nitrogens is 8. The van der Waals surface area contributed by atoms with Crippen molar-refractivity contribution < 1.29 is 0 Å². The molecule has 0 fully saturated rings. The normalized spacial score (nSPS) is 11.9. The average Bonchev–Trinajstić information content (AvgIpc) is 3.48. The molecule has 0 aliphatic rings. The fraction of sp³-hybridized carbons (Fsp3) is 0.538. The molecule has 4 aromatic rings. The van der Waals surface area contributed by atoms with Crippen molar-refractivity contribution >= 4 is 0 Å². The minimum Gasteiger partial charge on any atom is -0.264 e. The third kappa shape index (κ3) is 6.30. The molecule has 0 aliphatic heterocycles. The van der Waals surface area contributed by atoms with Gasteiger partial charge in [-0.05, 0) is 79.7 Å². The molecule has 36 heavy (non-hydrogen) atoms. The molecule has 4 aromatic heterocycles. The maximum atomic E-state index is 4.71. The van der Waals surface area contributed by atoms with Crippen LogP contribution in [0.4, 0.5) is 0 Å². The molecule has 0 saturated heterocycles. The zero-order valence-corrected chi connectivity index (χ0v) is 23.0. The first kappa shape index (κ1) is 25.8. The van der Waals surface area contributed by atoms with Crippen molar-refractivity contribution in [2.75, 3.05) is 13.1 Å². The van der Waals surface area contributed by atoms with E-state index in [0.29, 0.717) is 26.7 Å². The highest BCUT2D eigenvalue weighted by atomic mass is 15.5. The van der Waals surface area contributed by atoms with E-state index in [0.717, 1.165) is 58.6 Å². The minimum absolute atomic E-state index is 0.700. The van der Waals surface area contributed by atoms with Gasteiger partial charge in [0.1, 0.15) is 0 Å². The van der Waals surface area contributed by atoms with E-state index in [1.54, 1.807) is 0 Å². The van der Waals surface area contributed by atoms with Crippen LogP contribution in [0.2, 0.25) is 0 Å². The smallest absolute Gasteiger partial charge is 0.0946 e. The quantitative estimate of drug-likeness (QED) is 0.319. The maximum absolute atomic E-state index is 4.71. The highest BCUT2D eigenvalue weighted by Crippen LogP contribution is 2.11. The Kier molecular flexibility index (Phi) is 7.75. The third-order valence-electron chi connectivity index (χ3n) is 6.48. The van der Waals surface area contributed by atoms with Gasteiger partial charge >= 0.3 is 0 Å². The van der Waals surface area contributed by atoms with Gasteiger partial charge in [-0.25, -0.2) is 0 Å². The molecule has 0 amide bonds. The molecule has 0 radical (unpaired) electrons. The molecule has 0 bridgehead atoms. The molecule has 0 saturated carbocycles. The average molecular weight is 493 g/mol. The Morgan fingerprint density at radius 2 is 0.667 bits per heavy atom. The molecule has 194 valence electrons. The van der Waals surface area contributed by atoms with Gasteiger partial charge in [-0.3, -0.25) is 28.5 Å². The van der Waals surface area contributed by atoms with Gasteiger partial charge in [0.05, 0.1) is 49.5 Å². The Balaban J connectivity index is 1.55. The van der Waals surface area contributed by atoms with E-state index in [1.165, 1.54) is 0 Å². The lowest BCUT2D eigenvalue weighted by Gasteiger charge is -2.28. The van der Waals surface area contributed by atoms with Gasteiger partial charge in [-0.15, -0.1) is 0 Å². The van der Waals surface area contributed by atoms with Crippen LogP contribution < -0.4 is 0 Å². The SMILES string of the molecule is Cc1cc(C)n(CN(CCN(Cn2nc(C)cc2C)Cn2nc(C)cc2C)Cn2nc(C)cc2C)n1. The van der Waals surface area contributed by atoms with E-state index in [1.807, 2.05) is 27.7 Å². The van der Waals surface area contributed by atoms with Crippen LogP contribution in [0.3, 0.4) is 0 Å². The van der Waals surface area contributed by atoms with Crippen LogP contribution in [0.15, 0.2) is 24.3 Å². The second kappa shape index (κ2) is 10.8.